The molecule has 1 aliphatic rings. The van der Waals surface area contributed by atoms with E-state index in [0.717, 1.165) is 18.0 Å². The molecule has 1 N–H and O–H groups in total. The molecule has 1 heterocycles. The van der Waals surface area contributed by atoms with Crippen LogP contribution in [0.3, 0.4) is 0 Å². The predicted octanol–water partition coefficient (Wildman–Crippen LogP) is 2.89. The van der Waals surface area contributed by atoms with Crippen molar-refractivity contribution in [1.29, 1.82) is 0 Å². The third-order valence-electron chi connectivity index (χ3n) is 3.97. The van der Waals surface area contributed by atoms with Crippen LogP contribution in [0.2, 0.25) is 0 Å². The number of nitrogens with zero attached hydrogens (tertiary/aromatic N) is 1. The second-order valence-electron chi connectivity index (χ2n) is 5.62. The third-order valence-corrected chi connectivity index (χ3v) is 3.97. The van der Waals surface area contributed by atoms with Crippen molar-refractivity contribution in [2.24, 2.45) is 5.92 Å². The van der Waals surface area contributed by atoms with Gasteiger partial charge in [0, 0.05) is 18.6 Å². The summed E-state index contributed by atoms with van der Waals surface area (Å²) in [6, 6.07) is 1.46. The van der Waals surface area contributed by atoms with Crippen LogP contribution >= 0.6 is 0 Å². The molecule has 2 heteroatoms. The minimum atomic E-state index is 0.728. The Morgan fingerprint density at radius 2 is 2.06 bits per heavy atom. The molecular formula is C14H30N2. The highest BCUT2D eigenvalue weighted by atomic mass is 15.1. The molecule has 0 amide bonds. The van der Waals surface area contributed by atoms with Gasteiger partial charge >= 0.3 is 0 Å². The summed E-state index contributed by atoms with van der Waals surface area (Å²) in [5.41, 5.74) is 0. The second kappa shape index (κ2) is 7.29. The quantitative estimate of drug-likeness (QED) is 0.749. The Kier molecular flexibility index (Phi) is 6.37. The lowest BCUT2D eigenvalue weighted by molar-refractivity contribution is 0.207. The molecule has 0 aromatic rings. The SMILES string of the molecule is CCC(C)CC(CC)NC1CCCN(C)C1. The van der Waals surface area contributed by atoms with E-state index < -0.39 is 0 Å². The minimum absolute atomic E-state index is 0.728. The summed E-state index contributed by atoms with van der Waals surface area (Å²) in [5.74, 6) is 0.860. The van der Waals surface area contributed by atoms with Crippen molar-refractivity contribution in [2.75, 3.05) is 20.1 Å². The van der Waals surface area contributed by atoms with Crippen LogP contribution in [-0.2, 0) is 0 Å². The number of likely N-dealkylation sites (tertiary alicyclic amines) is 1. The average molecular weight is 226 g/mol. The van der Waals surface area contributed by atoms with Gasteiger partial charge in [-0.25, -0.2) is 0 Å². The van der Waals surface area contributed by atoms with Crippen molar-refractivity contribution in [2.45, 2.75) is 65.0 Å². The van der Waals surface area contributed by atoms with Gasteiger partial charge in [-0.3, -0.25) is 0 Å². The molecule has 1 aliphatic heterocycles. The molecule has 0 aromatic heterocycles. The molecule has 16 heavy (non-hydrogen) atoms. The van der Waals surface area contributed by atoms with Gasteiger partial charge in [-0.15, -0.1) is 0 Å². The second-order valence-corrected chi connectivity index (χ2v) is 5.62. The zero-order valence-electron chi connectivity index (χ0n) is 11.6. The lowest BCUT2D eigenvalue weighted by atomic mass is 9.96. The first kappa shape index (κ1) is 14.0. The Morgan fingerprint density at radius 3 is 2.62 bits per heavy atom. The first-order valence-corrected chi connectivity index (χ1v) is 7.10. The van der Waals surface area contributed by atoms with Crippen LogP contribution < -0.4 is 5.32 Å². The Hall–Kier alpha value is -0.0800. The molecule has 0 aliphatic carbocycles. The van der Waals surface area contributed by atoms with Gasteiger partial charge in [0.05, 0.1) is 0 Å². The van der Waals surface area contributed by atoms with Crippen molar-refractivity contribution in [3.63, 3.8) is 0 Å². The lowest BCUT2D eigenvalue weighted by Gasteiger charge is -2.33. The molecule has 0 radical (unpaired) electrons. The van der Waals surface area contributed by atoms with E-state index in [0.29, 0.717) is 0 Å². The van der Waals surface area contributed by atoms with Crippen molar-refractivity contribution in [3.05, 3.63) is 0 Å². The summed E-state index contributed by atoms with van der Waals surface area (Å²) >= 11 is 0. The first-order chi connectivity index (χ1) is 7.65. The zero-order chi connectivity index (χ0) is 12.0. The molecule has 1 saturated heterocycles. The number of hydrogen-bond donors (Lipinski definition) is 1. The number of nitrogens with one attached hydrogen (secondary N) is 1. The lowest BCUT2D eigenvalue weighted by Crippen LogP contribution is -2.48. The monoisotopic (exact) mass is 226 g/mol. The van der Waals surface area contributed by atoms with E-state index in [4.69, 9.17) is 0 Å². The topological polar surface area (TPSA) is 15.3 Å². The molecule has 1 rings (SSSR count). The van der Waals surface area contributed by atoms with E-state index >= 15 is 0 Å². The van der Waals surface area contributed by atoms with Gasteiger partial charge < -0.3 is 10.2 Å². The molecule has 96 valence electrons. The number of hydrogen-bond acceptors (Lipinski definition) is 2. The maximum absolute atomic E-state index is 3.86. The summed E-state index contributed by atoms with van der Waals surface area (Å²) in [6.45, 7) is 9.49. The van der Waals surface area contributed by atoms with Crippen LogP contribution in [0.1, 0.15) is 52.9 Å². The summed E-state index contributed by atoms with van der Waals surface area (Å²) < 4.78 is 0. The van der Waals surface area contributed by atoms with E-state index in [1.54, 1.807) is 0 Å². The van der Waals surface area contributed by atoms with Gasteiger partial charge in [-0.2, -0.15) is 0 Å². The average Bonchev–Trinajstić information content (AvgIpc) is 2.28. The number of piperidine rings is 1. The van der Waals surface area contributed by atoms with Crippen LogP contribution in [0.4, 0.5) is 0 Å². The van der Waals surface area contributed by atoms with E-state index in [1.807, 2.05) is 0 Å². The fourth-order valence-corrected chi connectivity index (χ4v) is 2.64. The highest BCUT2D eigenvalue weighted by Crippen LogP contribution is 2.15. The summed E-state index contributed by atoms with van der Waals surface area (Å²) in [4.78, 5) is 2.46. The van der Waals surface area contributed by atoms with Crippen LogP contribution in [0.5, 0.6) is 0 Å². The zero-order valence-corrected chi connectivity index (χ0v) is 11.6. The maximum Gasteiger partial charge on any atom is 0.0197 e. The van der Waals surface area contributed by atoms with Crippen LogP contribution in [-0.4, -0.2) is 37.1 Å². The van der Waals surface area contributed by atoms with Crippen molar-refractivity contribution in [3.8, 4) is 0 Å². The van der Waals surface area contributed by atoms with Gasteiger partial charge in [-0.1, -0.05) is 27.2 Å². The van der Waals surface area contributed by atoms with Crippen LogP contribution in [0.25, 0.3) is 0 Å². The fraction of sp³-hybridized carbons (Fsp3) is 1.00. The molecule has 2 nitrogen and oxygen atoms in total. The molecule has 0 bridgehead atoms. The molecule has 3 atom stereocenters. The standard InChI is InChI=1S/C14H30N2/c1-5-12(3)10-13(6-2)15-14-8-7-9-16(4)11-14/h12-15H,5-11H2,1-4H3. The highest BCUT2D eigenvalue weighted by Gasteiger charge is 2.20. The van der Waals surface area contributed by atoms with Crippen LogP contribution in [0, 0.1) is 5.92 Å². The van der Waals surface area contributed by atoms with Gasteiger partial charge in [0.15, 0.2) is 0 Å². The molecular weight excluding hydrogens is 196 g/mol. The molecule has 1 fully saturated rings. The smallest absolute Gasteiger partial charge is 0.0197 e. The van der Waals surface area contributed by atoms with Crippen molar-refractivity contribution in [1.82, 2.24) is 10.2 Å². The van der Waals surface area contributed by atoms with Gasteiger partial charge in [0.1, 0.15) is 0 Å². The largest absolute Gasteiger partial charge is 0.310 e. The number of rotatable bonds is 6. The van der Waals surface area contributed by atoms with Crippen LogP contribution in [0.15, 0.2) is 0 Å². The molecule has 0 aromatic carbocycles. The predicted molar refractivity (Wildman–Crippen MR) is 71.8 cm³/mol. The summed E-state index contributed by atoms with van der Waals surface area (Å²) in [7, 11) is 2.24. The Bertz CT molecular complexity index is 182. The summed E-state index contributed by atoms with van der Waals surface area (Å²) in [6.07, 6.45) is 6.63. The summed E-state index contributed by atoms with van der Waals surface area (Å²) in [5, 5.41) is 3.86. The van der Waals surface area contributed by atoms with Crippen molar-refractivity contribution < 1.29 is 0 Å². The first-order valence-electron chi connectivity index (χ1n) is 7.10. The fourth-order valence-electron chi connectivity index (χ4n) is 2.64. The van der Waals surface area contributed by atoms with Gasteiger partial charge in [0.25, 0.3) is 0 Å². The normalized spacial score (nSPS) is 26.6. The van der Waals surface area contributed by atoms with Gasteiger partial charge in [-0.05, 0) is 45.2 Å². The Labute approximate surface area is 102 Å². The van der Waals surface area contributed by atoms with E-state index in [1.165, 1.54) is 45.2 Å². The third kappa shape index (κ3) is 4.84. The molecule has 0 saturated carbocycles. The van der Waals surface area contributed by atoms with E-state index in [9.17, 15) is 0 Å². The molecule has 3 unspecified atom stereocenters. The minimum Gasteiger partial charge on any atom is -0.310 e. The highest BCUT2D eigenvalue weighted by molar-refractivity contribution is 4.80. The Morgan fingerprint density at radius 1 is 1.31 bits per heavy atom. The number of likely N-dealkylation sites (N-methyl/N-ethyl adjacent to an activating group) is 1. The van der Waals surface area contributed by atoms with Crippen molar-refractivity contribution >= 4 is 0 Å². The van der Waals surface area contributed by atoms with E-state index in [-0.39, 0.29) is 0 Å². The molecule has 0 spiro atoms. The van der Waals surface area contributed by atoms with E-state index in [2.05, 4.69) is 38.0 Å². The van der Waals surface area contributed by atoms with Gasteiger partial charge in [0.2, 0.25) is 0 Å². The Balaban J connectivity index is 2.31. The maximum atomic E-state index is 3.86.